The highest BCUT2D eigenvalue weighted by molar-refractivity contribution is 5.89. The normalized spacial score (nSPS) is 11.5. The van der Waals surface area contributed by atoms with Gasteiger partial charge in [-0.25, -0.2) is 0 Å². The van der Waals surface area contributed by atoms with Crippen molar-refractivity contribution in [2.45, 2.75) is 38.0 Å². The number of ether oxygens (including phenoxy) is 1. The Morgan fingerprint density at radius 3 is 1.74 bits per heavy atom. The maximum absolute atomic E-state index is 10.2. The van der Waals surface area contributed by atoms with Crippen LogP contribution in [0, 0.1) is 0 Å². The van der Waals surface area contributed by atoms with Gasteiger partial charge in [0.1, 0.15) is 17.2 Å². The molecule has 0 aliphatic rings. The third kappa shape index (κ3) is 4.97. The summed E-state index contributed by atoms with van der Waals surface area (Å²) in [4.78, 5) is 0. The lowest BCUT2D eigenvalue weighted by Gasteiger charge is -2.37. The number of unbranched alkanes of at least 4 members (excludes halogenated alkanes) is 3. The SMILES string of the molecule is CCCCCCOc1ccc(C(c2ccc(O)cc2)(c2ccc(O)cc2)c2cccc3ccccc23)cc1. The molecule has 0 aliphatic carbocycles. The Hall–Kier alpha value is -4.24. The summed E-state index contributed by atoms with van der Waals surface area (Å²) in [7, 11) is 0. The smallest absolute Gasteiger partial charge is 0.119 e. The van der Waals surface area contributed by atoms with E-state index in [1.54, 1.807) is 24.3 Å². The number of aromatic hydroxyl groups is 2. The molecule has 0 unspecified atom stereocenters. The molecule has 5 rings (SSSR count). The summed E-state index contributed by atoms with van der Waals surface area (Å²) in [6.45, 7) is 2.92. The summed E-state index contributed by atoms with van der Waals surface area (Å²) < 4.78 is 6.07. The molecule has 5 aromatic rings. The van der Waals surface area contributed by atoms with Gasteiger partial charge in [0, 0.05) is 0 Å². The van der Waals surface area contributed by atoms with Crippen LogP contribution in [0.15, 0.2) is 115 Å². The second kappa shape index (κ2) is 11.4. The van der Waals surface area contributed by atoms with E-state index in [2.05, 4.69) is 73.7 Å². The third-order valence-corrected chi connectivity index (χ3v) is 7.35. The first-order valence-corrected chi connectivity index (χ1v) is 13.4. The van der Waals surface area contributed by atoms with Crippen molar-refractivity contribution in [1.82, 2.24) is 0 Å². The Morgan fingerprint density at radius 1 is 0.579 bits per heavy atom. The van der Waals surface area contributed by atoms with E-state index in [9.17, 15) is 10.2 Å². The molecule has 0 spiro atoms. The number of hydrogen-bond donors (Lipinski definition) is 2. The quantitative estimate of drug-likeness (QED) is 0.148. The van der Waals surface area contributed by atoms with Gasteiger partial charge in [-0.3, -0.25) is 0 Å². The molecular formula is C35H34O3. The number of hydrogen-bond acceptors (Lipinski definition) is 3. The van der Waals surface area contributed by atoms with Crippen LogP contribution in [0.1, 0.15) is 54.9 Å². The minimum Gasteiger partial charge on any atom is -0.508 e. The molecule has 0 amide bonds. The van der Waals surface area contributed by atoms with Gasteiger partial charge >= 0.3 is 0 Å². The molecule has 0 fully saturated rings. The fourth-order valence-corrected chi connectivity index (χ4v) is 5.46. The zero-order valence-electron chi connectivity index (χ0n) is 21.8. The molecule has 3 nitrogen and oxygen atoms in total. The molecule has 0 atom stereocenters. The summed E-state index contributed by atoms with van der Waals surface area (Å²) in [5.41, 5.74) is 3.53. The second-order valence-corrected chi connectivity index (χ2v) is 9.80. The summed E-state index contributed by atoms with van der Waals surface area (Å²) in [5.74, 6) is 1.30. The highest BCUT2D eigenvalue weighted by Crippen LogP contribution is 2.48. The van der Waals surface area contributed by atoms with Crippen molar-refractivity contribution in [3.05, 3.63) is 138 Å². The van der Waals surface area contributed by atoms with E-state index in [0.717, 1.165) is 45.2 Å². The monoisotopic (exact) mass is 502 g/mol. The molecule has 192 valence electrons. The van der Waals surface area contributed by atoms with Crippen LogP contribution in [0.3, 0.4) is 0 Å². The lowest BCUT2D eigenvalue weighted by molar-refractivity contribution is 0.305. The van der Waals surface area contributed by atoms with E-state index in [0.29, 0.717) is 6.61 Å². The van der Waals surface area contributed by atoms with Crippen molar-refractivity contribution in [1.29, 1.82) is 0 Å². The number of phenols is 2. The maximum Gasteiger partial charge on any atom is 0.119 e. The molecular weight excluding hydrogens is 468 g/mol. The predicted molar refractivity (Wildman–Crippen MR) is 155 cm³/mol. The summed E-state index contributed by atoms with van der Waals surface area (Å²) in [6, 6.07) is 38.1. The highest BCUT2D eigenvalue weighted by Gasteiger charge is 2.39. The first-order valence-electron chi connectivity index (χ1n) is 13.4. The van der Waals surface area contributed by atoms with Crippen LogP contribution in [-0.4, -0.2) is 16.8 Å². The summed E-state index contributed by atoms with van der Waals surface area (Å²) in [6.07, 6.45) is 4.67. The predicted octanol–water partition coefficient (Wildman–Crippen LogP) is 8.59. The second-order valence-electron chi connectivity index (χ2n) is 9.80. The van der Waals surface area contributed by atoms with Gasteiger partial charge in [-0.05, 0) is 75.8 Å². The van der Waals surface area contributed by atoms with Gasteiger partial charge in [0.15, 0.2) is 0 Å². The molecule has 0 aromatic heterocycles. The van der Waals surface area contributed by atoms with Crippen LogP contribution in [0.5, 0.6) is 17.2 Å². The summed E-state index contributed by atoms with van der Waals surface area (Å²) >= 11 is 0. The molecule has 0 heterocycles. The lowest BCUT2D eigenvalue weighted by atomic mass is 9.64. The number of benzene rings is 5. The van der Waals surface area contributed by atoms with Crippen molar-refractivity contribution in [2.75, 3.05) is 6.61 Å². The van der Waals surface area contributed by atoms with E-state index >= 15 is 0 Å². The number of fused-ring (bicyclic) bond motifs is 1. The van der Waals surface area contributed by atoms with Crippen molar-refractivity contribution in [3.63, 3.8) is 0 Å². The fourth-order valence-electron chi connectivity index (χ4n) is 5.46. The van der Waals surface area contributed by atoms with Gasteiger partial charge < -0.3 is 14.9 Å². The largest absolute Gasteiger partial charge is 0.508 e. The van der Waals surface area contributed by atoms with Crippen LogP contribution in [0.4, 0.5) is 0 Å². The Balaban J connectivity index is 1.72. The minimum atomic E-state index is -0.706. The van der Waals surface area contributed by atoms with Crippen molar-refractivity contribution < 1.29 is 14.9 Å². The van der Waals surface area contributed by atoms with Crippen LogP contribution >= 0.6 is 0 Å². The molecule has 0 bridgehead atoms. The van der Waals surface area contributed by atoms with E-state index in [1.807, 2.05) is 24.3 Å². The van der Waals surface area contributed by atoms with E-state index in [4.69, 9.17) is 4.74 Å². The molecule has 0 aliphatic heterocycles. The highest BCUT2D eigenvalue weighted by atomic mass is 16.5. The standard InChI is InChI=1S/C35H34O3/c1-2-3-4-7-25-38-32-23-17-29(18-24-32)35(27-13-19-30(36)20-14-27,28-15-21-31(37)22-16-28)34-12-8-10-26-9-5-6-11-33(26)34/h5-6,8-24,36-37H,2-4,7,25H2,1H3. The van der Waals surface area contributed by atoms with Crippen LogP contribution in [-0.2, 0) is 5.41 Å². The average Bonchev–Trinajstić information content (AvgIpc) is 2.96. The third-order valence-electron chi connectivity index (χ3n) is 7.35. The molecule has 5 aromatic carbocycles. The van der Waals surface area contributed by atoms with Gasteiger partial charge in [-0.2, -0.15) is 0 Å². The van der Waals surface area contributed by atoms with Crippen molar-refractivity contribution in [3.8, 4) is 17.2 Å². The molecule has 3 heteroatoms. The molecule has 38 heavy (non-hydrogen) atoms. The Labute approximate surface area is 225 Å². The number of rotatable bonds is 10. The van der Waals surface area contributed by atoms with Crippen LogP contribution in [0.25, 0.3) is 10.8 Å². The molecule has 0 radical (unpaired) electrons. The zero-order chi connectivity index (χ0) is 26.4. The minimum absolute atomic E-state index is 0.220. The molecule has 0 saturated heterocycles. The molecule has 2 N–H and O–H groups in total. The van der Waals surface area contributed by atoms with Gasteiger partial charge in [-0.15, -0.1) is 0 Å². The Morgan fingerprint density at radius 2 is 1.13 bits per heavy atom. The van der Waals surface area contributed by atoms with Crippen LogP contribution in [0.2, 0.25) is 0 Å². The topological polar surface area (TPSA) is 49.7 Å². The van der Waals surface area contributed by atoms with E-state index < -0.39 is 5.41 Å². The van der Waals surface area contributed by atoms with Crippen molar-refractivity contribution >= 4 is 10.8 Å². The first kappa shape index (κ1) is 25.4. The maximum atomic E-state index is 10.2. The van der Waals surface area contributed by atoms with E-state index in [-0.39, 0.29) is 11.5 Å². The van der Waals surface area contributed by atoms with Gasteiger partial charge in [-0.1, -0.05) is 105 Å². The lowest BCUT2D eigenvalue weighted by Crippen LogP contribution is -2.31. The number of phenolic OH excluding ortho intramolecular Hbond substituents is 2. The van der Waals surface area contributed by atoms with Crippen molar-refractivity contribution in [2.24, 2.45) is 0 Å². The zero-order valence-corrected chi connectivity index (χ0v) is 21.8. The van der Waals surface area contributed by atoms with E-state index in [1.165, 1.54) is 19.3 Å². The van der Waals surface area contributed by atoms with Gasteiger partial charge in [0.25, 0.3) is 0 Å². The van der Waals surface area contributed by atoms with Crippen LogP contribution < -0.4 is 4.74 Å². The summed E-state index contributed by atoms with van der Waals surface area (Å²) in [5, 5.41) is 22.6. The first-order chi connectivity index (χ1) is 18.6. The fraction of sp³-hybridized carbons (Fsp3) is 0.200. The molecule has 0 saturated carbocycles. The average molecular weight is 503 g/mol. The Bertz CT molecular complexity index is 1420. The Kier molecular flexibility index (Phi) is 7.65. The van der Waals surface area contributed by atoms with Gasteiger partial charge in [0.2, 0.25) is 0 Å². The van der Waals surface area contributed by atoms with Gasteiger partial charge in [0.05, 0.1) is 12.0 Å².